The van der Waals surface area contributed by atoms with E-state index in [-0.39, 0.29) is 6.42 Å². The zero-order valence-corrected chi connectivity index (χ0v) is 12.1. The Labute approximate surface area is 115 Å². The van der Waals surface area contributed by atoms with Gasteiger partial charge in [0.1, 0.15) is 0 Å². The molecule has 0 fully saturated rings. The van der Waals surface area contributed by atoms with Gasteiger partial charge in [0, 0.05) is 18.8 Å². The minimum absolute atomic E-state index is 0.123. The summed E-state index contributed by atoms with van der Waals surface area (Å²) in [5, 5.41) is 6.64. The van der Waals surface area contributed by atoms with Crippen LogP contribution in [0.15, 0.2) is 24.5 Å². The molecule has 0 aliphatic carbocycles. The maximum absolute atomic E-state index is 11.3. The highest BCUT2D eigenvalue weighted by atomic mass is 31.2. The van der Waals surface area contributed by atoms with Crippen LogP contribution in [0.3, 0.4) is 0 Å². The van der Waals surface area contributed by atoms with Crippen molar-refractivity contribution in [3.63, 3.8) is 0 Å². The van der Waals surface area contributed by atoms with Crippen LogP contribution >= 0.6 is 15.2 Å². The van der Waals surface area contributed by atoms with Gasteiger partial charge in [0.2, 0.25) is 0 Å². The Morgan fingerprint density at radius 3 is 2.25 bits per heavy atom. The predicted molar refractivity (Wildman–Crippen MR) is 69.7 cm³/mol. The Bertz CT molecular complexity index is 553. The Hall–Kier alpha value is -1.06. The van der Waals surface area contributed by atoms with E-state index in [1.807, 2.05) is 6.07 Å². The van der Waals surface area contributed by atoms with Gasteiger partial charge in [0.25, 0.3) is 0 Å². The van der Waals surface area contributed by atoms with E-state index in [2.05, 4.69) is 4.98 Å². The normalized spacial score (nSPS) is 14.0. The Kier molecular flexibility index (Phi) is 5.60. The highest BCUT2D eigenvalue weighted by Gasteiger charge is 2.44. The molecule has 1 aromatic rings. The summed E-state index contributed by atoms with van der Waals surface area (Å²) in [5.41, 5.74) is 0.501. The minimum atomic E-state index is -4.99. The van der Waals surface area contributed by atoms with Crippen LogP contribution in [0.25, 0.3) is 0 Å². The van der Waals surface area contributed by atoms with Gasteiger partial charge < -0.3 is 19.6 Å². The number of nitrogens with zero attached hydrogens (tertiary/aromatic N) is 2. The van der Waals surface area contributed by atoms with Crippen molar-refractivity contribution in [1.29, 1.82) is 5.26 Å². The summed E-state index contributed by atoms with van der Waals surface area (Å²) in [6.07, 6.45) is 2.27. The molecule has 0 bridgehead atoms. The van der Waals surface area contributed by atoms with Gasteiger partial charge in [-0.05, 0) is 24.0 Å². The second kappa shape index (κ2) is 6.59. The number of pyridine rings is 1. The summed E-state index contributed by atoms with van der Waals surface area (Å²) in [6.45, 7) is 0. The fourth-order valence-corrected chi connectivity index (χ4v) is 4.42. The Morgan fingerprint density at radius 1 is 1.25 bits per heavy atom. The van der Waals surface area contributed by atoms with E-state index in [0.717, 1.165) is 0 Å². The van der Waals surface area contributed by atoms with Crippen molar-refractivity contribution >= 4 is 15.2 Å². The van der Waals surface area contributed by atoms with E-state index in [1.165, 1.54) is 12.4 Å². The molecule has 1 aromatic heterocycles. The zero-order chi connectivity index (χ0) is 15.4. The fraction of sp³-hybridized carbons (Fsp3) is 0.400. The minimum Gasteiger partial charge on any atom is -0.324 e. The molecule has 8 nitrogen and oxygen atoms in total. The molecule has 4 N–H and O–H groups in total. The van der Waals surface area contributed by atoms with Crippen molar-refractivity contribution in [1.82, 2.24) is 4.98 Å². The average Bonchev–Trinajstić information content (AvgIpc) is 2.32. The average molecular weight is 320 g/mol. The molecule has 0 radical (unpaired) electrons. The topological polar surface area (TPSA) is 152 Å². The highest BCUT2D eigenvalue weighted by molar-refractivity contribution is 7.70. The molecule has 0 spiro atoms. The van der Waals surface area contributed by atoms with Gasteiger partial charge in [0.05, 0.1) is 6.07 Å². The molecule has 10 heteroatoms. The standard InChI is InChI=1S/C10H14N2O6P2/c11-4-3-8(9-2-1-5-12-7-9)6-10(19(13,14)15)20(16,17)18/h1-2,5,7-8,10H,3,6H2,(H2,13,14,15)(H2,16,17,18). The van der Waals surface area contributed by atoms with Gasteiger partial charge >= 0.3 is 15.2 Å². The number of hydrogen-bond acceptors (Lipinski definition) is 4. The van der Waals surface area contributed by atoms with E-state index < -0.39 is 32.9 Å². The van der Waals surface area contributed by atoms with E-state index >= 15 is 0 Å². The summed E-state index contributed by atoms with van der Waals surface area (Å²) in [7, 11) is -9.98. The van der Waals surface area contributed by atoms with Crippen molar-refractivity contribution in [3.05, 3.63) is 30.1 Å². The molecule has 20 heavy (non-hydrogen) atoms. The third-order valence-electron chi connectivity index (χ3n) is 2.77. The summed E-state index contributed by atoms with van der Waals surface area (Å²) >= 11 is 0. The first-order chi connectivity index (χ1) is 9.16. The molecule has 1 rings (SSSR count). The van der Waals surface area contributed by atoms with Crippen molar-refractivity contribution in [3.8, 4) is 6.07 Å². The molecular formula is C10H14N2O6P2. The molecule has 0 aliphatic rings. The Morgan fingerprint density at radius 2 is 1.85 bits per heavy atom. The van der Waals surface area contributed by atoms with Crippen molar-refractivity contribution < 1.29 is 28.7 Å². The van der Waals surface area contributed by atoms with Gasteiger partial charge in [-0.2, -0.15) is 5.26 Å². The first-order valence-electron chi connectivity index (χ1n) is 5.53. The van der Waals surface area contributed by atoms with E-state index in [4.69, 9.17) is 24.8 Å². The van der Waals surface area contributed by atoms with Gasteiger partial charge in [-0.3, -0.25) is 14.1 Å². The van der Waals surface area contributed by atoms with Gasteiger partial charge in [0.15, 0.2) is 5.40 Å². The SMILES string of the molecule is N#CCC(CC(P(=O)(O)O)P(=O)(O)O)c1cccnc1. The van der Waals surface area contributed by atoms with Crippen LogP contribution in [0, 0.1) is 11.3 Å². The Balaban J connectivity index is 3.09. The fourth-order valence-electron chi connectivity index (χ4n) is 1.79. The number of aromatic nitrogens is 1. The molecule has 1 heterocycles. The maximum atomic E-state index is 11.3. The second-order valence-electron chi connectivity index (χ2n) is 4.24. The first-order valence-corrected chi connectivity index (χ1v) is 8.90. The van der Waals surface area contributed by atoms with Crippen LogP contribution in [-0.4, -0.2) is 30.0 Å². The van der Waals surface area contributed by atoms with Crippen molar-refractivity contribution in [2.75, 3.05) is 0 Å². The molecular weight excluding hydrogens is 306 g/mol. The van der Waals surface area contributed by atoms with E-state index in [0.29, 0.717) is 5.56 Å². The monoisotopic (exact) mass is 320 g/mol. The molecule has 1 unspecified atom stereocenters. The second-order valence-corrected chi connectivity index (χ2v) is 8.25. The molecule has 0 amide bonds. The lowest BCUT2D eigenvalue weighted by atomic mass is 9.95. The van der Waals surface area contributed by atoms with Crippen LogP contribution in [0.5, 0.6) is 0 Å². The zero-order valence-electron chi connectivity index (χ0n) is 10.3. The number of nitriles is 1. The molecule has 0 saturated heterocycles. The lowest BCUT2D eigenvalue weighted by Gasteiger charge is -2.23. The van der Waals surface area contributed by atoms with E-state index in [1.54, 1.807) is 12.1 Å². The lowest BCUT2D eigenvalue weighted by molar-refractivity contribution is 0.331. The third kappa shape index (κ3) is 4.80. The predicted octanol–water partition coefficient (Wildman–Crippen LogP) is 1.15. The summed E-state index contributed by atoms with van der Waals surface area (Å²) in [4.78, 5) is 40.2. The van der Waals surface area contributed by atoms with Gasteiger partial charge in [-0.15, -0.1) is 0 Å². The molecule has 110 valence electrons. The third-order valence-corrected chi connectivity index (χ3v) is 6.55. The summed E-state index contributed by atoms with van der Waals surface area (Å²) in [5.74, 6) is -0.709. The summed E-state index contributed by atoms with van der Waals surface area (Å²) < 4.78 is 22.5. The molecule has 0 aliphatic heterocycles. The lowest BCUT2D eigenvalue weighted by Crippen LogP contribution is -2.14. The molecule has 0 saturated carbocycles. The van der Waals surface area contributed by atoms with Gasteiger partial charge in [-0.25, -0.2) is 0 Å². The first kappa shape index (κ1) is 17.0. The molecule has 0 aromatic carbocycles. The summed E-state index contributed by atoms with van der Waals surface area (Å²) in [6, 6.07) is 5.00. The van der Waals surface area contributed by atoms with Crippen molar-refractivity contribution in [2.45, 2.75) is 24.2 Å². The number of hydrogen-bond donors (Lipinski definition) is 4. The van der Waals surface area contributed by atoms with Crippen molar-refractivity contribution in [2.24, 2.45) is 0 Å². The van der Waals surface area contributed by atoms with Crippen LogP contribution < -0.4 is 0 Å². The van der Waals surface area contributed by atoms with Gasteiger partial charge in [-0.1, -0.05) is 6.07 Å². The largest absolute Gasteiger partial charge is 0.340 e. The maximum Gasteiger partial charge on any atom is 0.340 e. The number of rotatable bonds is 6. The van der Waals surface area contributed by atoms with Crippen LogP contribution in [0.1, 0.15) is 24.3 Å². The molecule has 1 atom stereocenters. The highest BCUT2D eigenvalue weighted by Crippen LogP contribution is 2.62. The van der Waals surface area contributed by atoms with Crippen LogP contribution in [-0.2, 0) is 9.13 Å². The van der Waals surface area contributed by atoms with Crippen LogP contribution in [0.2, 0.25) is 0 Å². The smallest absolute Gasteiger partial charge is 0.324 e. The quantitative estimate of drug-likeness (QED) is 0.570. The van der Waals surface area contributed by atoms with E-state index in [9.17, 15) is 9.13 Å². The van der Waals surface area contributed by atoms with Crippen LogP contribution in [0.4, 0.5) is 0 Å².